The van der Waals surface area contributed by atoms with Gasteiger partial charge in [-0.1, -0.05) is 0 Å². The Hall–Kier alpha value is -1.68. The van der Waals surface area contributed by atoms with Gasteiger partial charge in [-0.2, -0.15) is 0 Å². The summed E-state index contributed by atoms with van der Waals surface area (Å²) in [4.78, 5) is 8.81. The van der Waals surface area contributed by atoms with E-state index in [0.717, 1.165) is 41.1 Å². The van der Waals surface area contributed by atoms with Crippen LogP contribution in [0, 0.1) is 0 Å². The fraction of sp³-hybridized carbons (Fsp3) is 0.200. The van der Waals surface area contributed by atoms with Crippen LogP contribution >= 0.6 is 15.9 Å². The van der Waals surface area contributed by atoms with Gasteiger partial charge in [0.15, 0.2) is 4.67 Å². The number of aromatic nitrogens is 1. The fourth-order valence-electron chi connectivity index (χ4n) is 2.18. The molecule has 96 valence electrons. The lowest BCUT2D eigenvalue weighted by Gasteiger charge is -2.15. The molecule has 0 amide bonds. The van der Waals surface area contributed by atoms with Gasteiger partial charge in [0.1, 0.15) is 5.76 Å². The van der Waals surface area contributed by atoms with Crippen molar-refractivity contribution in [3.8, 4) is 0 Å². The quantitative estimate of drug-likeness (QED) is 0.836. The molecule has 0 radical (unpaired) electrons. The number of furan rings is 1. The van der Waals surface area contributed by atoms with E-state index in [-0.39, 0.29) is 0 Å². The predicted octanol–water partition coefficient (Wildman–Crippen LogP) is 4.10. The van der Waals surface area contributed by atoms with E-state index >= 15 is 0 Å². The van der Waals surface area contributed by atoms with E-state index in [1.54, 1.807) is 6.20 Å². The predicted molar refractivity (Wildman–Crippen MR) is 79.3 cm³/mol. The first kappa shape index (κ1) is 12.4. The topological polar surface area (TPSA) is 38.4 Å². The SMILES string of the molecule is Brc1ccc(/C=C2\CCCN=C2c2cccnc2)o1. The molecule has 0 atom stereocenters. The highest BCUT2D eigenvalue weighted by Crippen LogP contribution is 2.23. The van der Waals surface area contributed by atoms with Gasteiger partial charge in [0.25, 0.3) is 0 Å². The summed E-state index contributed by atoms with van der Waals surface area (Å²) >= 11 is 3.32. The molecule has 0 saturated carbocycles. The summed E-state index contributed by atoms with van der Waals surface area (Å²) < 4.78 is 6.29. The zero-order valence-corrected chi connectivity index (χ0v) is 11.9. The summed E-state index contributed by atoms with van der Waals surface area (Å²) in [5.74, 6) is 0.848. The van der Waals surface area contributed by atoms with Crippen LogP contribution in [0.3, 0.4) is 0 Å². The molecule has 1 aliphatic heterocycles. The van der Waals surface area contributed by atoms with Crippen molar-refractivity contribution in [3.63, 3.8) is 0 Å². The molecule has 0 saturated heterocycles. The van der Waals surface area contributed by atoms with Gasteiger partial charge in [0.2, 0.25) is 0 Å². The Morgan fingerprint density at radius 3 is 2.95 bits per heavy atom. The lowest BCUT2D eigenvalue weighted by molar-refractivity contribution is 0.531. The number of allylic oxidation sites excluding steroid dienone is 1. The van der Waals surface area contributed by atoms with E-state index in [9.17, 15) is 0 Å². The van der Waals surface area contributed by atoms with Crippen molar-refractivity contribution in [1.82, 2.24) is 4.98 Å². The highest BCUT2D eigenvalue weighted by Gasteiger charge is 2.14. The van der Waals surface area contributed by atoms with Crippen molar-refractivity contribution in [3.05, 3.63) is 58.2 Å². The number of halogens is 1. The van der Waals surface area contributed by atoms with Gasteiger partial charge in [-0.25, -0.2) is 0 Å². The average Bonchev–Trinajstić information content (AvgIpc) is 2.86. The summed E-state index contributed by atoms with van der Waals surface area (Å²) in [5, 5.41) is 0. The summed E-state index contributed by atoms with van der Waals surface area (Å²) in [6, 6.07) is 7.83. The number of nitrogens with zero attached hydrogens (tertiary/aromatic N) is 2. The second-order valence-corrected chi connectivity index (χ2v) is 5.17. The van der Waals surface area contributed by atoms with Crippen LogP contribution in [0.15, 0.2) is 56.3 Å². The molecule has 0 unspecified atom stereocenters. The van der Waals surface area contributed by atoms with Crippen LogP contribution in [0.5, 0.6) is 0 Å². The van der Waals surface area contributed by atoms with Gasteiger partial charge in [-0.05, 0) is 64.7 Å². The number of hydrogen-bond acceptors (Lipinski definition) is 3. The van der Waals surface area contributed by atoms with Gasteiger partial charge < -0.3 is 4.42 Å². The summed E-state index contributed by atoms with van der Waals surface area (Å²) in [5.41, 5.74) is 3.31. The first-order valence-electron chi connectivity index (χ1n) is 6.24. The van der Waals surface area contributed by atoms with Gasteiger partial charge >= 0.3 is 0 Å². The first-order valence-corrected chi connectivity index (χ1v) is 7.03. The minimum atomic E-state index is 0.745. The Labute approximate surface area is 120 Å². The third kappa shape index (κ3) is 2.84. The van der Waals surface area contributed by atoms with Crippen LogP contribution in [-0.4, -0.2) is 17.2 Å². The van der Waals surface area contributed by atoms with E-state index in [1.165, 1.54) is 5.57 Å². The lowest BCUT2D eigenvalue weighted by Crippen LogP contribution is -2.11. The average molecular weight is 317 g/mol. The number of pyridine rings is 1. The van der Waals surface area contributed by atoms with E-state index in [1.807, 2.05) is 30.5 Å². The van der Waals surface area contributed by atoms with Crippen molar-refractivity contribution in [2.45, 2.75) is 12.8 Å². The maximum atomic E-state index is 5.54. The molecule has 0 bridgehead atoms. The summed E-state index contributed by atoms with van der Waals surface area (Å²) in [6.07, 6.45) is 7.80. The smallest absolute Gasteiger partial charge is 0.169 e. The molecule has 2 aromatic heterocycles. The van der Waals surface area contributed by atoms with Crippen LogP contribution in [0.4, 0.5) is 0 Å². The van der Waals surface area contributed by atoms with E-state index in [2.05, 4.69) is 32.0 Å². The molecule has 3 rings (SSSR count). The molecular weight excluding hydrogens is 304 g/mol. The van der Waals surface area contributed by atoms with Crippen molar-refractivity contribution in [1.29, 1.82) is 0 Å². The van der Waals surface area contributed by atoms with Crippen molar-refractivity contribution in [2.24, 2.45) is 4.99 Å². The Balaban J connectivity index is 1.98. The molecule has 2 aromatic rings. The van der Waals surface area contributed by atoms with Crippen LogP contribution in [0.2, 0.25) is 0 Å². The highest BCUT2D eigenvalue weighted by molar-refractivity contribution is 9.10. The number of hydrogen-bond donors (Lipinski definition) is 0. The molecule has 0 spiro atoms. The molecule has 3 nitrogen and oxygen atoms in total. The normalized spacial score (nSPS) is 17.5. The van der Waals surface area contributed by atoms with E-state index < -0.39 is 0 Å². The zero-order valence-electron chi connectivity index (χ0n) is 10.3. The molecule has 3 heterocycles. The maximum Gasteiger partial charge on any atom is 0.169 e. The van der Waals surface area contributed by atoms with Crippen LogP contribution in [0.25, 0.3) is 6.08 Å². The summed E-state index contributed by atoms with van der Waals surface area (Å²) in [6.45, 7) is 0.878. The maximum absolute atomic E-state index is 5.54. The number of rotatable bonds is 2. The molecule has 4 heteroatoms. The molecule has 0 fully saturated rings. The standard InChI is InChI=1S/C15H13BrN2O/c16-14-6-5-13(19-14)9-11-3-2-8-18-15(11)12-4-1-7-17-10-12/h1,4-7,9-10H,2-3,8H2/b11-9+. The Bertz CT molecular complexity index is 629. The van der Waals surface area contributed by atoms with E-state index in [4.69, 9.17) is 4.42 Å². The Kier molecular flexibility index (Phi) is 3.60. The molecular formula is C15H13BrN2O. The monoisotopic (exact) mass is 316 g/mol. The second kappa shape index (κ2) is 5.53. The van der Waals surface area contributed by atoms with Crippen molar-refractivity contribution >= 4 is 27.7 Å². The fourth-order valence-corrected chi connectivity index (χ4v) is 2.50. The minimum absolute atomic E-state index is 0.745. The van der Waals surface area contributed by atoms with Gasteiger partial charge in [0, 0.05) is 24.5 Å². The molecule has 0 N–H and O–H groups in total. The van der Waals surface area contributed by atoms with Crippen molar-refractivity contribution in [2.75, 3.05) is 6.54 Å². The van der Waals surface area contributed by atoms with Crippen molar-refractivity contribution < 1.29 is 4.42 Å². The van der Waals surface area contributed by atoms with Gasteiger partial charge in [-0.15, -0.1) is 0 Å². The minimum Gasteiger partial charge on any atom is -0.450 e. The second-order valence-electron chi connectivity index (χ2n) is 4.39. The van der Waals surface area contributed by atoms with Crippen LogP contribution in [0.1, 0.15) is 24.2 Å². The molecule has 1 aliphatic rings. The number of aliphatic imine (C=N–C) groups is 1. The van der Waals surface area contributed by atoms with Gasteiger partial charge in [0.05, 0.1) is 5.71 Å². The first-order chi connectivity index (χ1) is 9.33. The molecule has 0 aliphatic carbocycles. The highest BCUT2D eigenvalue weighted by atomic mass is 79.9. The van der Waals surface area contributed by atoms with Crippen LogP contribution < -0.4 is 0 Å². The lowest BCUT2D eigenvalue weighted by atomic mass is 9.96. The third-order valence-electron chi connectivity index (χ3n) is 3.02. The largest absolute Gasteiger partial charge is 0.450 e. The van der Waals surface area contributed by atoms with Crippen LogP contribution in [-0.2, 0) is 0 Å². The third-order valence-corrected chi connectivity index (χ3v) is 3.45. The summed E-state index contributed by atoms with van der Waals surface area (Å²) in [7, 11) is 0. The zero-order chi connectivity index (χ0) is 13.1. The molecule has 19 heavy (non-hydrogen) atoms. The van der Waals surface area contributed by atoms with Gasteiger partial charge in [-0.3, -0.25) is 9.98 Å². The van der Waals surface area contributed by atoms with E-state index in [0.29, 0.717) is 0 Å². The molecule has 0 aromatic carbocycles. The Morgan fingerprint density at radius 1 is 1.26 bits per heavy atom. The Morgan fingerprint density at radius 2 is 2.21 bits per heavy atom.